The first kappa shape index (κ1) is 22.1. The SMILES string of the molecule is C=CC[Si](C)(C)N1C(=O)[C@H]([C@@H](C)O[Si](C)(C)C(C)(C)C)[C@@H]1OC(C)=O. The van der Waals surface area contributed by atoms with Crippen LogP contribution < -0.4 is 0 Å². The first-order valence-corrected chi connectivity index (χ1v) is 15.0. The maximum absolute atomic E-state index is 12.9. The van der Waals surface area contributed by atoms with Gasteiger partial charge < -0.3 is 13.7 Å². The summed E-state index contributed by atoms with van der Waals surface area (Å²) in [5.74, 6) is -0.749. The number of amides is 1. The van der Waals surface area contributed by atoms with Crippen molar-refractivity contribution in [2.24, 2.45) is 5.92 Å². The molecule has 1 saturated heterocycles. The Bertz CT molecular complexity index is 540. The molecule has 0 N–H and O–H groups in total. The van der Waals surface area contributed by atoms with E-state index in [4.69, 9.17) is 9.16 Å². The summed E-state index contributed by atoms with van der Waals surface area (Å²) in [6, 6.07) is 0.765. The number of esters is 1. The van der Waals surface area contributed by atoms with Crippen LogP contribution in [-0.2, 0) is 18.8 Å². The Kier molecular flexibility index (Phi) is 6.51. The van der Waals surface area contributed by atoms with Gasteiger partial charge in [0.2, 0.25) is 5.91 Å². The van der Waals surface area contributed by atoms with E-state index in [0.29, 0.717) is 0 Å². The molecule has 1 fully saturated rings. The van der Waals surface area contributed by atoms with E-state index in [1.54, 1.807) is 4.57 Å². The average molecular weight is 386 g/mol. The average Bonchev–Trinajstić information content (AvgIpc) is 2.34. The number of allylic oxidation sites excluding steroid dienone is 1. The third-order valence-electron chi connectivity index (χ3n) is 5.46. The normalized spacial score (nSPS) is 23.1. The molecule has 1 aliphatic rings. The molecule has 0 spiro atoms. The van der Waals surface area contributed by atoms with Crippen molar-refractivity contribution in [2.45, 2.75) is 84.2 Å². The summed E-state index contributed by atoms with van der Waals surface area (Å²) in [4.78, 5) is 24.5. The van der Waals surface area contributed by atoms with Crippen molar-refractivity contribution in [1.29, 1.82) is 0 Å². The van der Waals surface area contributed by atoms with Gasteiger partial charge in [0, 0.05) is 6.92 Å². The maximum atomic E-state index is 12.9. The van der Waals surface area contributed by atoms with Crippen LogP contribution in [0.3, 0.4) is 0 Å². The largest absolute Gasteiger partial charge is 0.441 e. The van der Waals surface area contributed by atoms with E-state index in [2.05, 4.69) is 53.5 Å². The first-order chi connectivity index (χ1) is 11.2. The van der Waals surface area contributed by atoms with Crippen LogP contribution in [0.15, 0.2) is 12.7 Å². The van der Waals surface area contributed by atoms with Gasteiger partial charge in [-0.3, -0.25) is 9.59 Å². The highest BCUT2D eigenvalue weighted by Gasteiger charge is 2.58. The van der Waals surface area contributed by atoms with Crippen LogP contribution in [0.2, 0.25) is 37.3 Å². The highest BCUT2D eigenvalue weighted by molar-refractivity contribution is 6.77. The van der Waals surface area contributed by atoms with Crippen molar-refractivity contribution in [3.05, 3.63) is 12.7 Å². The molecule has 1 aliphatic heterocycles. The zero-order valence-electron chi connectivity index (χ0n) is 17.3. The fraction of sp³-hybridized carbons (Fsp3) is 0.778. The Morgan fingerprint density at radius 1 is 1.32 bits per heavy atom. The summed E-state index contributed by atoms with van der Waals surface area (Å²) in [5.41, 5.74) is 0. The molecule has 1 amide bonds. The van der Waals surface area contributed by atoms with Crippen molar-refractivity contribution < 1.29 is 18.8 Å². The summed E-state index contributed by atoms with van der Waals surface area (Å²) in [6.45, 7) is 22.2. The van der Waals surface area contributed by atoms with Crippen LogP contribution in [0, 0.1) is 5.92 Å². The molecule has 5 nitrogen and oxygen atoms in total. The highest BCUT2D eigenvalue weighted by atomic mass is 28.4. The van der Waals surface area contributed by atoms with Gasteiger partial charge in [-0.1, -0.05) is 39.9 Å². The minimum atomic E-state index is -2.05. The number of carbonyl (C=O) groups excluding carboxylic acids is 2. The molecule has 0 bridgehead atoms. The van der Waals surface area contributed by atoms with E-state index < -0.39 is 28.7 Å². The molecule has 1 heterocycles. The monoisotopic (exact) mass is 385 g/mol. The number of β-lactam (4-membered cyclic amide) rings is 1. The second kappa shape index (κ2) is 7.36. The van der Waals surface area contributed by atoms with Crippen molar-refractivity contribution >= 4 is 28.4 Å². The van der Waals surface area contributed by atoms with Crippen molar-refractivity contribution in [3.63, 3.8) is 0 Å². The number of carbonyl (C=O) groups is 2. The van der Waals surface area contributed by atoms with Crippen LogP contribution in [0.1, 0.15) is 34.6 Å². The predicted octanol–water partition coefficient (Wildman–Crippen LogP) is 4.14. The minimum Gasteiger partial charge on any atom is -0.441 e. The molecule has 0 aromatic carbocycles. The molecule has 0 aromatic rings. The van der Waals surface area contributed by atoms with Crippen LogP contribution in [-0.4, -0.2) is 45.3 Å². The summed E-state index contributed by atoms with van der Waals surface area (Å²) in [6.07, 6.45) is 1.04. The van der Waals surface area contributed by atoms with E-state index in [9.17, 15) is 9.59 Å². The second-order valence-electron chi connectivity index (χ2n) is 9.12. The number of rotatable bonds is 7. The summed E-state index contributed by atoms with van der Waals surface area (Å²) < 4.78 is 13.7. The standard InChI is InChI=1S/C18H35NO4Si2/c1-11-12-24(7,8)19-16(21)15(17(19)22-14(3)20)13(2)23-25(9,10)18(4,5)6/h11,13,15,17H,1,12H2,2-10H3/t13-,15+,17+/m1/s1. The molecule has 0 unspecified atom stereocenters. The van der Waals surface area contributed by atoms with Gasteiger partial charge in [0.1, 0.15) is 5.92 Å². The molecule has 144 valence electrons. The van der Waals surface area contributed by atoms with E-state index >= 15 is 0 Å². The highest BCUT2D eigenvalue weighted by Crippen LogP contribution is 2.42. The fourth-order valence-electron chi connectivity index (χ4n) is 3.02. The predicted molar refractivity (Wildman–Crippen MR) is 106 cm³/mol. The molecule has 1 rings (SSSR count). The van der Waals surface area contributed by atoms with Gasteiger partial charge in [0.25, 0.3) is 0 Å². The van der Waals surface area contributed by atoms with Crippen molar-refractivity contribution in [3.8, 4) is 0 Å². The van der Waals surface area contributed by atoms with Gasteiger partial charge >= 0.3 is 5.97 Å². The van der Waals surface area contributed by atoms with Gasteiger partial charge in [0.15, 0.2) is 22.8 Å². The lowest BCUT2D eigenvalue weighted by atomic mass is 9.93. The summed E-state index contributed by atoms with van der Waals surface area (Å²) in [5, 5.41) is 0.0571. The number of ether oxygens (including phenoxy) is 1. The van der Waals surface area contributed by atoms with Crippen molar-refractivity contribution in [2.75, 3.05) is 0 Å². The van der Waals surface area contributed by atoms with Crippen LogP contribution >= 0.6 is 0 Å². The van der Waals surface area contributed by atoms with Gasteiger partial charge in [-0.05, 0) is 31.1 Å². The third kappa shape index (κ3) is 4.62. The van der Waals surface area contributed by atoms with Gasteiger partial charge in [-0.2, -0.15) is 0 Å². The first-order valence-electron chi connectivity index (χ1n) is 8.95. The lowest BCUT2D eigenvalue weighted by molar-refractivity contribution is -0.193. The minimum absolute atomic E-state index is 0.0379. The molecule has 0 saturated carbocycles. The Morgan fingerprint density at radius 3 is 2.24 bits per heavy atom. The quantitative estimate of drug-likeness (QED) is 0.286. The number of nitrogens with zero attached hydrogens (tertiary/aromatic N) is 1. The van der Waals surface area contributed by atoms with Crippen LogP contribution in [0.4, 0.5) is 0 Å². The van der Waals surface area contributed by atoms with E-state index in [0.717, 1.165) is 6.04 Å². The van der Waals surface area contributed by atoms with Gasteiger partial charge in [0.05, 0.1) is 6.10 Å². The Morgan fingerprint density at radius 2 is 1.84 bits per heavy atom. The van der Waals surface area contributed by atoms with Crippen molar-refractivity contribution in [1.82, 2.24) is 4.57 Å². The van der Waals surface area contributed by atoms with E-state index in [1.807, 2.05) is 13.0 Å². The Balaban J connectivity index is 3.04. The van der Waals surface area contributed by atoms with E-state index in [1.165, 1.54) is 6.92 Å². The summed E-state index contributed by atoms with van der Waals surface area (Å²) in [7, 11) is -4.06. The topological polar surface area (TPSA) is 55.8 Å². The van der Waals surface area contributed by atoms with E-state index in [-0.39, 0.29) is 23.0 Å². The zero-order chi connectivity index (χ0) is 19.8. The molecular weight excluding hydrogens is 350 g/mol. The zero-order valence-corrected chi connectivity index (χ0v) is 19.3. The third-order valence-corrected chi connectivity index (χ3v) is 13.1. The second-order valence-corrected chi connectivity index (χ2v) is 18.4. The molecule has 25 heavy (non-hydrogen) atoms. The molecule has 7 heteroatoms. The molecule has 0 radical (unpaired) electrons. The smallest absolute Gasteiger partial charge is 0.304 e. The lowest BCUT2D eigenvalue weighted by Gasteiger charge is -2.55. The maximum Gasteiger partial charge on any atom is 0.304 e. The molecule has 0 aromatic heterocycles. The van der Waals surface area contributed by atoms with Crippen LogP contribution in [0.5, 0.6) is 0 Å². The molecular formula is C18H35NO4Si2. The lowest BCUT2D eigenvalue weighted by Crippen LogP contribution is -2.73. The summed E-state index contributed by atoms with van der Waals surface area (Å²) >= 11 is 0. The van der Waals surface area contributed by atoms with Gasteiger partial charge in [-0.15, -0.1) is 6.58 Å². The van der Waals surface area contributed by atoms with Crippen LogP contribution in [0.25, 0.3) is 0 Å². The number of hydrogen-bond acceptors (Lipinski definition) is 4. The Labute approximate surface area is 155 Å². The Hall–Kier alpha value is -0.926. The fourth-order valence-corrected chi connectivity index (χ4v) is 7.00. The molecule has 3 atom stereocenters. The number of hydrogen-bond donors (Lipinski definition) is 0. The van der Waals surface area contributed by atoms with Gasteiger partial charge in [-0.25, -0.2) is 0 Å². The molecule has 0 aliphatic carbocycles.